The normalized spacial score (nSPS) is 15.6. The minimum Gasteiger partial charge on any atom is -0.484 e. The third-order valence-electron chi connectivity index (χ3n) is 4.52. The summed E-state index contributed by atoms with van der Waals surface area (Å²) in [5.74, 6) is -0.284. The molecule has 2 aromatic carbocycles. The topological polar surface area (TPSA) is 99.2 Å². The molecule has 2 amide bonds. The van der Waals surface area contributed by atoms with Crippen molar-refractivity contribution in [3.05, 3.63) is 71.9 Å². The van der Waals surface area contributed by atoms with E-state index >= 15 is 0 Å². The number of ether oxygens (including phenoxy) is 1. The molecule has 8 heteroatoms. The number of nitrogens with one attached hydrogen (secondary N) is 1. The Bertz CT molecular complexity index is 1050. The van der Waals surface area contributed by atoms with Gasteiger partial charge in [-0.2, -0.15) is 0 Å². The Morgan fingerprint density at radius 1 is 1.29 bits per heavy atom. The van der Waals surface area contributed by atoms with Gasteiger partial charge in [-0.1, -0.05) is 18.2 Å². The van der Waals surface area contributed by atoms with E-state index < -0.39 is 5.91 Å². The molecule has 142 valence electrons. The maximum Gasteiger partial charge on any atom is 0.255 e. The van der Waals surface area contributed by atoms with Crippen LogP contribution in [0.3, 0.4) is 0 Å². The van der Waals surface area contributed by atoms with E-state index in [1.54, 1.807) is 35.2 Å². The van der Waals surface area contributed by atoms with Crippen LogP contribution in [0.15, 0.2) is 54.9 Å². The van der Waals surface area contributed by atoms with E-state index in [4.69, 9.17) is 10.5 Å². The molecule has 4 rings (SSSR count). The molecule has 0 radical (unpaired) electrons. The number of rotatable bonds is 5. The van der Waals surface area contributed by atoms with E-state index in [0.29, 0.717) is 22.9 Å². The molecule has 1 aliphatic rings. The van der Waals surface area contributed by atoms with Gasteiger partial charge in [0.25, 0.3) is 5.91 Å². The largest absolute Gasteiger partial charge is 0.484 e. The second-order valence-corrected chi connectivity index (χ2v) is 6.46. The Kier molecular flexibility index (Phi) is 4.52. The first-order valence-electron chi connectivity index (χ1n) is 8.65. The number of hydrogen-bond acceptors (Lipinski definition) is 4. The number of amides is 2. The number of fused-ring (bicyclic) bond motifs is 1. The quantitative estimate of drug-likeness (QED) is 0.710. The number of nitrogens with zero attached hydrogens (tertiary/aromatic N) is 2. The highest BCUT2D eigenvalue weighted by Crippen LogP contribution is 2.37. The summed E-state index contributed by atoms with van der Waals surface area (Å²) < 4.78 is 20.5. The number of imidazole rings is 1. The Hall–Kier alpha value is -3.68. The smallest absolute Gasteiger partial charge is 0.255 e. The van der Waals surface area contributed by atoms with Gasteiger partial charge in [0.05, 0.1) is 11.4 Å². The first-order valence-corrected chi connectivity index (χ1v) is 8.65. The predicted octanol–water partition coefficient (Wildman–Crippen LogP) is 2.35. The standard InChI is InChI=1S/C20H17FN4O3/c21-13-2-1-3-14(8-13)25-11-23-19-16(9-18(27)24-20(19)25)12-4-6-15(7-5-12)28-10-17(22)26/h1-8,11,16H,9-10H2,(H2,22,26)(H,24,27)/t16-/m1/s1. The number of primary amides is 1. The molecule has 1 atom stereocenters. The highest BCUT2D eigenvalue weighted by molar-refractivity contribution is 5.94. The molecule has 3 aromatic rings. The Morgan fingerprint density at radius 2 is 2.07 bits per heavy atom. The van der Waals surface area contributed by atoms with Crippen LogP contribution < -0.4 is 15.8 Å². The van der Waals surface area contributed by atoms with Gasteiger partial charge in [-0.3, -0.25) is 14.2 Å². The highest BCUT2D eigenvalue weighted by atomic mass is 19.1. The van der Waals surface area contributed by atoms with E-state index in [-0.39, 0.29) is 30.7 Å². The predicted molar refractivity (Wildman–Crippen MR) is 99.7 cm³/mol. The van der Waals surface area contributed by atoms with Crippen molar-refractivity contribution in [1.82, 2.24) is 9.55 Å². The van der Waals surface area contributed by atoms with Crippen molar-refractivity contribution >= 4 is 17.6 Å². The monoisotopic (exact) mass is 380 g/mol. The van der Waals surface area contributed by atoms with E-state index in [9.17, 15) is 14.0 Å². The molecule has 3 N–H and O–H groups in total. The molecule has 1 aromatic heterocycles. The molecule has 2 heterocycles. The van der Waals surface area contributed by atoms with Crippen LogP contribution in [0.25, 0.3) is 5.69 Å². The Labute approximate surface area is 159 Å². The number of carbonyl (C=O) groups is 2. The van der Waals surface area contributed by atoms with Crippen LogP contribution in [0, 0.1) is 5.82 Å². The van der Waals surface area contributed by atoms with Crippen LogP contribution in [0.5, 0.6) is 5.75 Å². The van der Waals surface area contributed by atoms with Gasteiger partial charge in [-0.15, -0.1) is 0 Å². The molecule has 0 unspecified atom stereocenters. The first kappa shape index (κ1) is 17.7. The van der Waals surface area contributed by atoms with Gasteiger partial charge in [0.2, 0.25) is 5.91 Å². The summed E-state index contributed by atoms with van der Waals surface area (Å²) in [4.78, 5) is 27.6. The molecule has 0 saturated carbocycles. The second kappa shape index (κ2) is 7.15. The summed E-state index contributed by atoms with van der Waals surface area (Å²) in [6.45, 7) is -0.201. The second-order valence-electron chi connectivity index (χ2n) is 6.46. The lowest BCUT2D eigenvalue weighted by Gasteiger charge is -2.23. The van der Waals surface area contributed by atoms with Crippen molar-refractivity contribution in [2.45, 2.75) is 12.3 Å². The molecule has 1 aliphatic heterocycles. The van der Waals surface area contributed by atoms with Gasteiger partial charge in [0.15, 0.2) is 6.61 Å². The minimum absolute atomic E-state index is 0.148. The lowest BCUT2D eigenvalue weighted by atomic mass is 9.90. The van der Waals surface area contributed by atoms with E-state index in [1.807, 2.05) is 12.1 Å². The number of halogens is 1. The zero-order valence-electron chi connectivity index (χ0n) is 14.8. The van der Waals surface area contributed by atoms with E-state index in [0.717, 1.165) is 5.56 Å². The average molecular weight is 380 g/mol. The molecule has 7 nitrogen and oxygen atoms in total. The number of benzene rings is 2. The van der Waals surface area contributed by atoms with Crippen LogP contribution in [0.4, 0.5) is 10.2 Å². The molecule has 0 bridgehead atoms. The van der Waals surface area contributed by atoms with Gasteiger partial charge in [0, 0.05) is 12.3 Å². The molecule has 28 heavy (non-hydrogen) atoms. The number of nitrogens with two attached hydrogens (primary N) is 1. The summed E-state index contributed by atoms with van der Waals surface area (Å²) in [5, 5.41) is 2.83. The maximum absolute atomic E-state index is 13.6. The number of aromatic nitrogens is 2. The van der Waals surface area contributed by atoms with Crippen LogP contribution >= 0.6 is 0 Å². The van der Waals surface area contributed by atoms with Crippen molar-refractivity contribution in [1.29, 1.82) is 0 Å². The average Bonchev–Trinajstić information content (AvgIpc) is 3.10. The lowest BCUT2D eigenvalue weighted by Crippen LogP contribution is -2.25. The van der Waals surface area contributed by atoms with Gasteiger partial charge in [-0.25, -0.2) is 9.37 Å². The third kappa shape index (κ3) is 3.44. The van der Waals surface area contributed by atoms with Crippen molar-refractivity contribution in [3.63, 3.8) is 0 Å². The summed E-state index contributed by atoms with van der Waals surface area (Å²) in [7, 11) is 0. The molecular formula is C20H17FN4O3. The Balaban J connectivity index is 1.66. The fraction of sp³-hybridized carbons (Fsp3) is 0.150. The van der Waals surface area contributed by atoms with Gasteiger partial charge in [0.1, 0.15) is 23.7 Å². The van der Waals surface area contributed by atoms with Crippen molar-refractivity contribution < 1.29 is 18.7 Å². The minimum atomic E-state index is -0.555. The number of carbonyl (C=O) groups excluding carboxylic acids is 2. The molecular weight excluding hydrogens is 363 g/mol. The third-order valence-corrected chi connectivity index (χ3v) is 4.52. The van der Waals surface area contributed by atoms with Crippen LogP contribution in [-0.2, 0) is 9.59 Å². The van der Waals surface area contributed by atoms with Gasteiger partial charge in [-0.05, 0) is 35.9 Å². The SMILES string of the molecule is NC(=O)COc1ccc([C@H]2CC(=O)Nc3c2ncn3-c2cccc(F)c2)cc1. The summed E-state index contributed by atoms with van der Waals surface area (Å²) in [5.41, 5.74) is 7.23. The zero-order chi connectivity index (χ0) is 19.7. The Morgan fingerprint density at radius 3 is 2.79 bits per heavy atom. The summed E-state index contributed by atoms with van der Waals surface area (Å²) in [6.07, 6.45) is 1.82. The zero-order valence-corrected chi connectivity index (χ0v) is 14.8. The van der Waals surface area contributed by atoms with Gasteiger partial charge >= 0.3 is 0 Å². The van der Waals surface area contributed by atoms with E-state index in [1.165, 1.54) is 12.1 Å². The lowest BCUT2D eigenvalue weighted by molar-refractivity contribution is -0.120. The number of anilines is 1. The maximum atomic E-state index is 13.6. The molecule has 0 spiro atoms. The first-order chi connectivity index (χ1) is 13.5. The molecule has 0 saturated heterocycles. The highest BCUT2D eigenvalue weighted by Gasteiger charge is 2.31. The number of hydrogen-bond donors (Lipinski definition) is 2. The summed E-state index contributed by atoms with van der Waals surface area (Å²) >= 11 is 0. The van der Waals surface area contributed by atoms with Crippen LogP contribution in [0.1, 0.15) is 23.6 Å². The van der Waals surface area contributed by atoms with Gasteiger partial charge < -0.3 is 15.8 Å². The summed E-state index contributed by atoms with van der Waals surface area (Å²) in [6, 6.07) is 13.2. The fourth-order valence-corrected chi connectivity index (χ4v) is 3.25. The van der Waals surface area contributed by atoms with E-state index in [2.05, 4.69) is 10.3 Å². The van der Waals surface area contributed by atoms with Crippen LogP contribution in [-0.4, -0.2) is 28.0 Å². The van der Waals surface area contributed by atoms with Crippen molar-refractivity contribution in [2.75, 3.05) is 11.9 Å². The fourth-order valence-electron chi connectivity index (χ4n) is 3.25. The molecule has 0 aliphatic carbocycles. The molecule has 0 fully saturated rings. The van der Waals surface area contributed by atoms with Crippen molar-refractivity contribution in [2.24, 2.45) is 5.73 Å². The van der Waals surface area contributed by atoms with Crippen molar-refractivity contribution in [3.8, 4) is 11.4 Å². The van der Waals surface area contributed by atoms with Crippen LogP contribution in [0.2, 0.25) is 0 Å².